The zero-order valence-corrected chi connectivity index (χ0v) is 17.5. The summed E-state index contributed by atoms with van der Waals surface area (Å²) >= 11 is 0. The molecule has 29 heavy (non-hydrogen) atoms. The predicted octanol–water partition coefficient (Wildman–Crippen LogP) is 2.64. The number of anilines is 1. The molecule has 7 heteroatoms. The molecule has 0 atom stereocenters. The largest absolute Gasteiger partial charge is 0.378 e. The van der Waals surface area contributed by atoms with Gasteiger partial charge in [-0.15, -0.1) is 0 Å². The van der Waals surface area contributed by atoms with E-state index in [1.807, 2.05) is 28.0 Å². The van der Waals surface area contributed by atoms with Crippen LogP contribution in [0.2, 0.25) is 0 Å². The molecule has 1 aromatic carbocycles. The van der Waals surface area contributed by atoms with Crippen LogP contribution in [-0.4, -0.2) is 47.5 Å². The molecule has 1 fully saturated rings. The average molecular weight is 393 g/mol. The van der Waals surface area contributed by atoms with Crippen molar-refractivity contribution in [2.45, 2.75) is 39.3 Å². The van der Waals surface area contributed by atoms with Gasteiger partial charge in [0.1, 0.15) is 11.6 Å². The highest BCUT2D eigenvalue weighted by Gasteiger charge is 2.27. The van der Waals surface area contributed by atoms with Crippen molar-refractivity contribution in [3.05, 3.63) is 53.0 Å². The van der Waals surface area contributed by atoms with Crippen LogP contribution in [0.15, 0.2) is 30.3 Å². The van der Waals surface area contributed by atoms with Gasteiger partial charge in [0, 0.05) is 38.2 Å². The van der Waals surface area contributed by atoms with Crippen LogP contribution < -0.4 is 4.90 Å². The van der Waals surface area contributed by atoms with Crippen molar-refractivity contribution in [3.63, 3.8) is 0 Å². The lowest BCUT2D eigenvalue weighted by Crippen LogP contribution is -2.50. The van der Waals surface area contributed by atoms with E-state index in [0.717, 1.165) is 22.9 Å². The molecule has 0 bridgehead atoms. The number of nitriles is 1. The molecule has 0 unspecified atom stereocenters. The molecule has 2 aromatic rings. The number of carbonyl (C=O) groups excluding carboxylic acids is 1. The fourth-order valence-electron chi connectivity index (χ4n) is 3.18. The van der Waals surface area contributed by atoms with E-state index in [4.69, 9.17) is 15.0 Å². The van der Waals surface area contributed by atoms with Crippen LogP contribution in [0.5, 0.6) is 0 Å². The van der Waals surface area contributed by atoms with Crippen molar-refractivity contribution in [2.75, 3.05) is 31.6 Å². The van der Waals surface area contributed by atoms with Gasteiger partial charge in [-0.05, 0) is 17.7 Å². The summed E-state index contributed by atoms with van der Waals surface area (Å²) in [5, 5.41) is 8.91. The SMILES string of the molecule is COCc1cc(N2CCN(Cc3ccc(C#N)cc3)C(=O)C2)nc(C(C)(C)C)n1. The Morgan fingerprint density at radius 3 is 2.48 bits per heavy atom. The fourth-order valence-corrected chi connectivity index (χ4v) is 3.18. The number of benzene rings is 1. The Balaban J connectivity index is 1.73. The van der Waals surface area contributed by atoms with Crippen LogP contribution in [0.4, 0.5) is 5.82 Å². The molecule has 1 aromatic heterocycles. The highest BCUT2D eigenvalue weighted by atomic mass is 16.5. The highest BCUT2D eigenvalue weighted by molar-refractivity contribution is 5.82. The monoisotopic (exact) mass is 393 g/mol. The summed E-state index contributed by atoms with van der Waals surface area (Å²) in [6.45, 7) is 8.78. The number of nitrogens with zero attached hydrogens (tertiary/aromatic N) is 5. The number of aromatic nitrogens is 2. The van der Waals surface area contributed by atoms with Gasteiger partial charge in [0.15, 0.2) is 0 Å². The highest BCUT2D eigenvalue weighted by Crippen LogP contribution is 2.24. The predicted molar refractivity (Wildman–Crippen MR) is 110 cm³/mol. The van der Waals surface area contributed by atoms with E-state index in [1.165, 1.54) is 0 Å². The third-order valence-corrected chi connectivity index (χ3v) is 4.83. The second-order valence-corrected chi connectivity index (χ2v) is 8.27. The summed E-state index contributed by atoms with van der Waals surface area (Å²) < 4.78 is 5.25. The zero-order chi connectivity index (χ0) is 21.0. The van der Waals surface area contributed by atoms with E-state index in [0.29, 0.717) is 31.8 Å². The van der Waals surface area contributed by atoms with E-state index in [2.05, 4.69) is 31.8 Å². The summed E-state index contributed by atoms with van der Waals surface area (Å²) in [4.78, 5) is 26.0. The number of ether oxygens (including phenoxy) is 1. The first-order valence-electron chi connectivity index (χ1n) is 9.69. The molecule has 1 amide bonds. The summed E-state index contributed by atoms with van der Waals surface area (Å²) in [7, 11) is 1.64. The number of piperazine rings is 1. The van der Waals surface area contributed by atoms with Crippen molar-refractivity contribution in [2.24, 2.45) is 0 Å². The topological polar surface area (TPSA) is 82.4 Å². The molecule has 7 nitrogen and oxygen atoms in total. The first kappa shape index (κ1) is 20.7. The van der Waals surface area contributed by atoms with Gasteiger partial charge in [-0.25, -0.2) is 9.97 Å². The van der Waals surface area contributed by atoms with Crippen LogP contribution in [0.25, 0.3) is 0 Å². The van der Waals surface area contributed by atoms with Gasteiger partial charge in [0.2, 0.25) is 5.91 Å². The normalized spacial score (nSPS) is 14.8. The van der Waals surface area contributed by atoms with E-state index in [9.17, 15) is 4.79 Å². The maximum absolute atomic E-state index is 12.8. The molecule has 2 heterocycles. The van der Waals surface area contributed by atoms with E-state index < -0.39 is 0 Å². The van der Waals surface area contributed by atoms with Gasteiger partial charge < -0.3 is 14.5 Å². The standard InChI is InChI=1S/C22H27N5O2/c1-22(2,3)21-24-18(15-29-4)11-19(25-21)26-9-10-27(20(28)14-26)13-17-7-5-16(12-23)6-8-17/h5-8,11H,9-10,13-15H2,1-4H3. The van der Waals surface area contributed by atoms with Crippen LogP contribution in [0.3, 0.4) is 0 Å². The maximum Gasteiger partial charge on any atom is 0.242 e. The van der Waals surface area contributed by atoms with E-state index in [-0.39, 0.29) is 17.9 Å². The molecular formula is C22H27N5O2. The Labute approximate surface area is 171 Å². The zero-order valence-electron chi connectivity index (χ0n) is 17.5. The molecule has 0 saturated carbocycles. The van der Waals surface area contributed by atoms with E-state index in [1.54, 1.807) is 19.2 Å². The minimum Gasteiger partial charge on any atom is -0.378 e. The summed E-state index contributed by atoms with van der Waals surface area (Å²) in [5.74, 6) is 1.57. The number of amides is 1. The Morgan fingerprint density at radius 1 is 1.17 bits per heavy atom. The smallest absolute Gasteiger partial charge is 0.242 e. The number of methoxy groups -OCH3 is 1. The molecular weight excluding hydrogens is 366 g/mol. The Morgan fingerprint density at radius 2 is 1.90 bits per heavy atom. The first-order chi connectivity index (χ1) is 13.8. The third-order valence-electron chi connectivity index (χ3n) is 4.83. The Kier molecular flexibility index (Phi) is 6.14. The van der Waals surface area contributed by atoms with Crippen molar-refractivity contribution in [1.29, 1.82) is 5.26 Å². The molecule has 152 valence electrons. The molecule has 0 spiro atoms. The van der Waals surface area contributed by atoms with Gasteiger partial charge in [-0.1, -0.05) is 32.9 Å². The van der Waals surface area contributed by atoms with Crippen LogP contribution in [0, 0.1) is 11.3 Å². The van der Waals surface area contributed by atoms with Gasteiger partial charge in [-0.3, -0.25) is 4.79 Å². The molecule has 0 radical (unpaired) electrons. The summed E-state index contributed by atoms with van der Waals surface area (Å²) in [6.07, 6.45) is 0. The third kappa shape index (κ3) is 5.09. The number of rotatable bonds is 5. The summed E-state index contributed by atoms with van der Waals surface area (Å²) in [6, 6.07) is 11.4. The van der Waals surface area contributed by atoms with Crippen LogP contribution >= 0.6 is 0 Å². The number of hydrogen-bond donors (Lipinski definition) is 0. The van der Waals surface area contributed by atoms with Crippen molar-refractivity contribution in [3.8, 4) is 6.07 Å². The summed E-state index contributed by atoms with van der Waals surface area (Å²) in [5.41, 5.74) is 2.26. The molecule has 1 aliphatic heterocycles. The quantitative estimate of drug-likeness (QED) is 0.777. The lowest BCUT2D eigenvalue weighted by Gasteiger charge is -2.35. The Hall–Kier alpha value is -2.98. The van der Waals surface area contributed by atoms with Crippen LogP contribution in [-0.2, 0) is 28.1 Å². The fraction of sp³-hybridized carbons (Fsp3) is 0.455. The Bertz CT molecular complexity index is 912. The minimum absolute atomic E-state index is 0.0600. The molecule has 1 aliphatic rings. The molecule has 3 rings (SSSR count). The number of hydrogen-bond acceptors (Lipinski definition) is 6. The lowest BCUT2D eigenvalue weighted by molar-refractivity contribution is -0.131. The second-order valence-electron chi connectivity index (χ2n) is 8.27. The average Bonchev–Trinajstić information content (AvgIpc) is 2.69. The first-order valence-corrected chi connectivity index (χ1v) is 9.69. The van der Waals surface area contributed by atoms with Crippen molar-refractivity contribution < 1.29 is 9.53 Å². The second kappa shape index (κ2) is 8.58. The molecule has 1 saturated heterocycles. The van der Waals surface area contributed by atoms with Gasteiger partial charge >= 0.3 is 0 Å². The molecule has 0 aliphatic carbocycles. The van der Waals surface area contributed by atoms with Gasteiger partial charge in [0.05, 0.1) is 30.5 Å². The van der Waals surface area contributed by atoms with E-state index >= 15 is 0 Å². The van der Waals surface area contributed by atoms with Crippen molar-refractivity contribution in [1.82, 2.24) is 14.9 Å². The van der Waals surface area contributed by atoms with Crippen molar-refractivity contribution >= 4 is 11.7 Å². The lowest BCUT2D eigenvalue weighted by atomic mass is 9.95. The molecule has 0 N–H and O–H groups in total. The van der Waals surface area contributed by atoms with Gasteiger partial charge in [0.25, 0.3) is 0 Å². The maximum atomic E-state index is 12.8. The minimum atomic E-state index is -0.195. The number of carbonyl (C=O) groups is 1. The van der Waals surface area contributed by atoms with Gasteiger partial charge in [-0.2, -0.15) is 5.26 Å². The van der Waals surface area contributed by atoms with Crippen LogP contribution in [0.1, 0.15) is 43.4 Å².